The summed E-state index contributed by atoms with van der Waals surface area (Å²) >= 11 is 0. The van der Waals surface area contributed by atoms with E-state index in [1.165, 1.54) is 28.9 Å². The maximum absolute atomic E-state index is 12.6. The Hall–Kier alpha value is -2.55. The fourth-order valence-corrected chi connectivity index (χ4v) is 2.55. The van der Waals surface area contributed by atoms with Gasteiger partial charge < -0.3 is 20.0 Å². The lowest BCUT2D eigenvalue weighted by atomic mass is 10.1. The second-order valence-corrected chi connectivity index (χ2v) is 4.68. The van der Waals surface area contributed by atoms with Crippen molar-refractivity contribution >= 4 is 11.9 Å². The molecule has 0 aromatic carbocycles. The summed E-state index contributed by atoms with van der Waals surface area (Å²) in [5.74, 6) is -1.87. The number of aromatic nitrogens is 1. The van der Waals surface area contributed by atoms with Crippen molar-refractivity contribution in [3.8, 4) is 5.75 Å². The molecule has 1 saturated heterocycles. The summed E-state index contributed by atoms with van der Waals surface area (Å²) in [6.07, 6.45) is 0.784. The first kappa shape index (κ1) is 13.4. The monoisotopic (exact) mass is 295 g/mol. The number of fused-ring (bicyclic) bond motifs is 2. The van der Waals surface area contributed by atoms with Crippen LogP contribution in [0.1, 0.15) is 10.5 Å². The van der Waals surface area contributed by atoms with Gasteiger partial charge in [0.2, 0.25) is 5.43 Å². The van der Waals surface area contributed by atoms with Crippen molar-refractivity contribution in [1.82, 2.24) is 9.58 Å². The minimum absolute atomic E-state index is 0.0191. The van der Waals surface area contributed by atoms with Crippen LogP contribution in [0.3, 0.4) is 0 Å². The number of carboxylic acids is 1. The lowest BCUT2D eigenvalue weighted by Gasteiger charge is -2.44. The number of ether oxygens (including phenoxy) is 2. The van der Waals surface area contributed by atoms with E-state index in [1.54, 1.807) is 0 Å². The number of methoxy groups -OCH3 is 1. The topological polar surface area (TPSA) is 110 Å². The van der Waals surface area contributed by atoms with Crippen molar-refractivity contribution in [3.05, 3.63) is 28.2 Å². The number of hydrogen-bond acceptors (Lipinski definition) is 6. The van der Waals surface area contributed by atoms with Crippen LogP contribution in [-0.2, 0) is 9.53 Å². The highest BCUT2D eigenvalue weighted by Crippen LogP contribution is 2.25. The SMILES string of the molecule is COc1c2n(ccc1=O)N[C@@H]1COC[C@@H](C(=O)O)N1C2=O. The smallest absolute Gasteiger partial charge is 0.328 e. The number of nitrogens with zero attached hydrogens (tertiary/aromatic N) is 2. The highest BCUT2D eigenvalue weighted by Gasteiger charge is 2.44. The molecule has 3 rings (SSSR count). The molecule has 112 valence electrons. The van der Waals surface area contributed by atoms with Crippen LogP contribution in [-0.4, -0.2) is 59.1 Å². The second kappa shape index (κ2) is 4.77. The van der Waals surface area contributed by atoms with E-state index < -0.39 is 29.5 Å². The summed E-state index contributed by atoms with van der Waals surface area (Å²) < 4.78 is 11.6. The van der Waals surface area contributed by atoms with E-state index in [1.807, 2.05) is 0 Å². The summed E-state index contributed by atoms with van der Waals surface area (Å²) in [4.78, 5) is 36.8. The summed E-state index contributed by atoms with van der Waals surface area (Å²) in [5.41, 5.74) is 2.46. The minimum Gasteiger partial charge on any atom is -0.491 e. The van der Waals surface area contributed by atoms with Gasteiger partial charge >= 0.3 is 5.97 Å². The largest absolute Gasteiger partial charge is 0.491 e. The summed E-state index contributed by atoms with van der Waals surface area (Å²) in [6.45, 7) is 0.0576. The number of rotatable bonds is 2. The van der Waals surface area contributed by atoms with Gasteiger partial charge in [-0.25, -0.2) is 4.79 Å². The van der Waals surface area contributed by atoms with E-state index in [0.29, 0.717) is 0 Å². The maximum atomic E-state index is 12.6. The zero-order valence-electron chi connectivity index (χ0n) is 11.1. The van der Waals surface area contributed by atoms with Gasteiger partial charge in [0.1, 0.15) is 6.17 Å². The Bertz CT molecular complexity index is 669. The predicted molar refractivity (Wildman–Crippen MR) is 68.8 cm³/mol. The van der Waals surface area contributed by atoms with Crippen molar-refractivity contribution in [2.75, 3.05) is 25.7 Å². The number of amides is 1. The molecule has 9 heteroatoms. The average Bonchev–Trinajstić information content (AvgIpc) is 2.47. The molecule has 2 atom stereocenters. The fraction of sp³-hybridized carbons (Fsp3) is 0.417. The number of morpholine rings is 1. The molecular weight excluding hydrogens is 282 g/mol. The highest BCUT2D eigenvalue weighted by atomic mass is 16.5. The van der Waals surface area contributed by atoms with Gasteiger partial charge in [-0.15, -0.1) is 0 Å². The summed E-state index contributed by atoms with van der Waals surface area (Å²) in [6, 6.07) is 0.147. The number of carbonyl (C=O) groups is 2. The molecular formula is C12H13N3O6. The van der Waals surface area contributed by atoms with Gasteiger partial charge in [-0.2, -0.15) is 0 Å². The Labute approximate surface area is 118 Å². The number of nitrogens with one attached hydrogen (secondary N) is 1. The first-order chi connectivity index (χ1) is 10.0. The van der Waals surface area contributed by atoms with Gasteiger partial charge in [0.25, 0.3) is 5.91 Å². The Morgan fingerprint density at radius 2 is 2.24 bits per heavy atom. The Morgan fingerprint density at radius 3 is 2.90 bits per heavy atom. The van der Waals surface area contributed by atoms with Crippen LogP contribution in [0.2, 0.25) is 0 Å². The molecule has 1 fully saturated rings. The molecule has 0 unspecified atom stereocenters. The fourth-order valence-electron chi connectivity index (χ4n) is 2.55. The van der Waals surface area contributed by atoms with Gasteiger partial charge in [-0.3, -0.25) is 19.2 Å². The second-order valence-electron chi connectivity index (χ2n) is 4.68. The van der Waals surface area contributed by atoms with Gasteiger partial charge in [0.15, 0.2) is 17.5 Å². The lowest BCUT2D eigenvalue weighted by molar-refractivity contribution is -0.150. The van der Waals surface area contributed by atoms with Crippen LogP contribution in [0.15, 0.2) is 17.1 Å². The van der Waals surface area contributed by atoms with Crippen molar-refractivity contribution < 1.29 is 24.2 Å². The first-order valence-electron chi connectivity index (χ1n) is 6.24. The van der Waals surface area contributed by atoms with Crippen LogP contribution in [0, 0.1) is 0 Å². The molecule has 1 aromatic rings. The molecule has 2 aliphatic heterocycles. The quantitative estimate of drug-likeness (QED) is 0.695. The lowest BCUT2D eigenvalue weighted by Crippen LogP contribution is -2.65. The Morgan fingerprint density at radius 1 is 1.48 bits per heavy atom. The van der Waals surface area contributed by atoms with Gasteiger partial charge in [0, 0.05) is 12.3 Å². The van der Waals surface area contributed by atoms with E-state index >= 15 is 0 Å². The number of pyridine rings is 1. The van der Waals surface area contributed by atoms with Gasteiger partial charge in [-0.1, -0.05) is 0 Å². The zero-order chi connectivity index (χ0) is 15.1. The van der Waals surface area contributed by atoms with E-state index in [4.69, 9.17) is 9.47 Å². The molecule has 9 nitrogen and oxygen atoms in total. The third kappa shape index (κ3) is 1.93. The number of hydrogen-bond donors (Lipinski definition) is 2. The van der Waals surface area contributed by atoms with E-state index in [0.717, 1.165) is 0 Å². The van der Waals surface area contributed by atoms with E-state index in [9.17, 15) is 19.5 Å². The third-order valence-electron chi connectivity index (χ3n) is 3.49. The Kier molecular flexibility index (Phi) is 3.05. The van der Waals surface area contributed by atoms with Crippen LogP contribution >= 0.6 is 0 Å². The van der Waals surface area contributed by atoms with Crippen LogP contribution in [0.25, 0.3) is 0 Å². The van der Waals surface area contributed by atoms with Crippen LogP contribution < -0.4 is 15.6 Å². The van der Waals surface area contributed by atoms with Crippen molar-refractivity contribution in [3.63, 3.8) is 0 Å². The molecule has 2 aliphatic rings. The summed E-state index contributed by atoms with van der Waals surface area (Å²) in [7, 11) is 1.28. The normalized spacial score (nSPS) is 23.9. The molecule has 1 amide bonds. The molecule has 0 aliphatic carbocycles. The van der Waals surface area contributed by atoms with Gasteiger partial charge in [0.05, 0.1) is 20.3 Å². The van der Waals surface area contributed by atoms with Crippen LogP contribution in [0.5, 0.6) is 5.75 Å². The number of aliphatic carboxylic acids is 1. The molecule has 0 bridgehead atoms. The van der Waals surface area contributed by atoms with Crippen molar-refractivity contribution in [2.45, 2.75) is 12.2 Å². The van der Waals surface area contributed by atoms with E-state index in [2.05, 4.69) is 5.43 Å². The molecule has 2 N–H and O–H groups in total. The maximum Gasteiger partial charge on any atom is 0.328 e. The minimum atomic E-state index is -1.17. The molecule has 3 heterocycles. The first-order valence-corrected chi connectivity index (χ1v) is 6.24. The van der Waals surface area contributed by atoms with Gasteiger partial charge in [-0.05, 0) is 0 Å². The van der Waals surface area contributed by atoms with Crippen LogP contribution in [0.4, 0.5) is 0 Å². The Balaban J connectivity index is 2.13. The molecule has 21 heavy (non-hydrogen) atoms. The third-order valence-corrected chi connectivity index (χ3v) is 3.49. The molecule has 1 aromatic heterocycles. The molecule has 0 spiro atoms. The molecule has 0 radical (unpaired) electrons. The number of carboxylic acid groups (broad SMARTS) is 1. The summed E-state index contributed by atoms with van der Waals surface area (Å²) in [5, 5.41) is 9.22. The number of carbonyl (C=O) groups excluding carboxylic acids is 1. The predicted octanol–water partition coefficient (Wildman–Crippen LogP) is -1.33. The van der Waals surface area contributed by atoms with E-state index in [-0.39, 0.29) is 24.7 Å². The average molecular weight is 295 g/mol. The zero-order valence-corrected chi connectivity index (χ0v) is 11.1. The van der Waals surface area contributed by atoms with Crippen molar-refractivity contribution in [1.29, 1.82) is 0 Å². The molecule has 0 saturated carbocycles. The highest BCUT2D eigenvalue weighted by molar-refractivity contribution is 5.98. The standard InChI is InChI=1S/C12H13N3O6/c1-20-10-7(16)2-3-14-9(10)11(17)15-6(12(18)19)4-21-5-8(15)13-14/h2-3,6,8,13H,4-5H2,1H3,(H,18,19)/t6-,8-/m0/s1. The van der Waals surface area contributed by atoms with Crippen molar-refractivity contribution in [2.24, 2.45) is 0 Å².